The van der Waals surface area contributed by atoms with Gasteiger partial charge in [0.25, 0.3) is 0 Å². The molecule has 3 aromatic rings. The highest BCUT2D eigenvalue weighted by molar-refractivity contribution is 14.1. The third-order valence-corrected chi connectivity index (χ3v) is 5.68. The van der Waals surface area contributed by atoms with Crippen molar-refractivity contribution in [3.05, 3.63) is 55.5 Å². The van der Waals surface area contributed by atoms with E-state index in [1.165, 1.54) is 13.4 Å². The van der Waals surface area contributed by atoms with E-state index in [4.69, 9.17) is 21.9 Å². The number of nitrogens with zero attached hydrogens (tertiary/aromatic N) is 7. The zero-order chi connectivity index (χ0) is 22.0. The number of aromatic nitrogens is 4. The lowest BCUT2D eigenvalue weighted by molar-refractivity contribution is -0.133. The summed E-state index contributed by atoms with van der Waals surface area (Å²) in [6, 6.07) is 7.44. The predicted molar refractivity (Wildman–Crippen MR) is 122 cm³/mol. The van der Waals surface area contributed by atoms with E-state index in [1.54, 1.807) is 4.57 Å². The van der Waals surface area contributed by atoms with Gasteiger partial charge in [-0.2, -0.15) is 9.97 Å². The molecule has 0 radical (unpaired) electrons. The van der Waals surface area contributed by atoms with Crippen molar-refractivity contribution in [2.75, 3.05) is 12.4 Å². The molecule has 1 aliphatic rings. The zero-order valence-corrected chi connectivity index (χ0v) is 19.1. The summed E-state index contributed by atoms with van der Waals surface area (Å²) in [6.45, 7) is 0.520. The first-order chi connectivity index (χ1) is 15.0. The van der Waals surface area contributed by atoms with E-state index in [0.29, 0.717) is 23.5 Å². The second-order valence-corrected chi connectivity index (χ2v) is 8.37. The fraction of sp³-hybridized carbons (Fsp3) is 0.333. The number of hydrogen-bond acceptors (Lipinski definition) is 7. The first-order valence-corrected chi connectivity index (χ1v) is 10.8. The van der Waals surface area contributed by atoms with Crippen LogP contribution in [0.15, 0.2) is 35.7 Å². The van der Waals surface area contributed by atoms with Gasteiger partial charge in [0.05, 0.1) is 12.4 Å². The van der Waals surface area contributed by atoms with Gasteiger partial charge in [0.1, 0.15) is 12.3 Å². The number of hydrogen-bond donors (Lipinski definition) is 2. The first-order valence-electron chi connectivity index (χ1n) is 9.29. The van der Waals surface area contributed by atoms with Crippen molar-refractivity contribution in [2.24, 2.45) is 5.11 Å². The highest BCUT2D eigenvalue weighted by Gasteiger charge is 2.40. The van der Waals surface area contributed by atoms with Crippen molar-refractivity contribution in [3.8, 4) is 0 Å². The Bertz CT molecular complexity index is 1180. The Morgan fingerprint density at radius 2 is 2.32 bits per heavy atom. The van der Waals surface area contributed by atoms with Crippen LogP contribution in [0.5, 0.6) is 0 Å². The molecule has 1 saturated heterocycles. The van der Waals surface area contributed by atoms with Crippen LogP contribution in [0, 0.1) is 3.57 Å². The summed E-state index contributed by atoms with van der Waals surface area (Å²) in [4.78, 5) is 27.9. The highest BCUT2D eigenvalue weighted by Crippen LogP contribution is 2.34. The van der Waals surface area contributed by atoms with E-state index < -0.39 is 18.4 Å². The predicted octanol–water partition coefficient (Wildman–Crippen LogP) is 3.41. The molecule has 2 N–H and O–H groups in total. The van der Waals surface area contributed by atoms with E-state index >= 15 is 0 Å². The van der Waals surface area contributed by atoms with E-state index in [2.05, 4.69) is 64.3 Å². The molecule has 1 unspecified atom stereocenters. The SMILES string of the molecule is CNC(=O)[C@@H]1CC(N=[N+]=[N-])[C@H](n2cnc3c(NCc4cccc(I)c4)nc(Cl)nc32)O1. The number of nitrogens with one attached hydrogen (secondary N) is 2. The number of fused-ring (bicyclic) bond motifs is 1. The molecule has 3 atom stereocenters. The lowest BCUT2D eigenvalue weighted by atomic mass is 10.1. The molecule has 13 heteroatoms. The molecule has 0 saturated carbocycles. The number of rotatable bonds is 6. The van der Waals surface area contributed by atoms with E-state index in [0.717, 1.165) is 9.13 Å². The molecule has 2 aromatic heterocycles. The Balaban J connectivity index is 1.67. The Labute approximate surface area is 195 Å². The minimum Gasteiger partial charge on any atom is -0.364 e. The van der Waals surface area contributed by atoms with Crippen molar-refractivity contribution >= 4 is 57.1 Å². The van der Waals surface area contributed by atoms with Gasteiger partial charge in [-0.15, -0.1) is 0 Å². The molecule has 160 valence electrons. The standard InChI is InChI=1S/C18H17ClIN9O2/c1-22-16(30)12-6-11(27-28-21)17(31-12)29-8-24-13-14(25-18(19)26-15(13)29)23-7-9-3-2-4-10(20)5-9/h2-5,8,11-12,17H,6-7H2,1H3,(H,22,30)(H,23,25,26)/t11?,12-,17+/m0/s1. The molecule has 0 bridgehead atoms. The van der Waals surface area contributed by atoms with Gasteiger partial charge in [-0.05, 0) is 63.8 Å². The lowest BCUT2D eigenvalue weighted by Crippen LogP contribution is -2.31. The molecule has 1 amide bonds. The summed E-state index contributed by atoms with van der Waals surface area (Å²) >= 11 is 8.43. The van der Waals surface area contributed by atoms with Crippen molar-refractivity contribution < 1.29 is 9.53 Å². The smallest absolute Gasteiger partial charge is 0.248 e. The first kappa shape index (κ1) is 21.6. The van der Waals surface area contributed by atoms with Crippen LogP contribution in [0.25, 0.3) is 21.6 Å². The van der Waals surface area contributed by atoms with Gasteiger partial charge in [-0.25, -0.2) is 4.98 Å². The van der Waals surface area contributed by atoms with Crippen LogP contribution < -0.4 is 10.6 Å². The number of ether oxygens (including phenoxy) is 1. The maximum Gasteiger partial charge on any atom is 0.248 e. The minimum atomic E-state index is -0.752. The largest absolute Gasteiger partial charge is 0.364 e. The van der Waals surface area contributed by atoms with Crippen LogP contribution >= 0.6 is 34.2 Å². The van der Waals surface area contributed by atoms with Gasteiger partial charge in [-0.1, -0.05) is 17.2 Å². The molecule has 11 nitrogen and oxygen atoms in total. The average Bonchev–Trinajstić information content (AvgIpc) is 3.36. The number of benzene rings is 1. The van der Waals surface area contributed by atoms with E-state index in [1.807, 2.05) is 18.2 Å². The van der Waals surface area contributed by atoms with Crippen molar-refractivity contribution in [1.29, 1.82) is 0 Å². The van der Waals surface area contributed by atoms with Crippen molar-refractivity contribution in [2.45, 2.75) is 31.3 Å². The summed E-state index contributed by atoms with van der Waals surface area (Å²) in [5, 5.41) is 9.62. The molecule has 0 spiro atoms. The summed E-state index contributed by atoms with van der Waals surface area (Å²) in [5.41, 5.74) is 10.9. The Morgan fingerprint density at radius 1 is 1.48 bits per heavy atom. The van der Waals surface area contributed by atoms with Crippen LogP contribution in [0.1, 0.15) is 18.2 Å². The molecule has 31 heavy (non-hydrogen) atoms. The molecule has 1 fully saturated rings. The number of imidazole rings is 1. The topological polar surface area (TPSA) is 143 Å². The molecule has 3 heterocycles. The molecule has 1 aromatic carbocycles. The molecular formula is C18H17ClIN9O2. The normalized spacial score (nSPS) is 20.4. The summed E-state index contributed by atoms with van der Waals surface area (Å²) in [7, 11) is 1.52. The maximum atomic E-state index is 12.0. The summed E-state index contributed by atoms with van der Waals surface area (Å²) in [5.74, 6) is 0.173. The Kier molecular flexibility index (Phi) is 6.41. The lowest BCUT2D eigenvalue weighted by Gasteiger charge is -2.17. The van der Waals surface area contributed by atoms with Crippen molar-refractivity contribution in [1.82, 2.24) is 24.8 Å². The number of halogens is 2. The van der Waals surface area contributed by atoms with Crippen LogP contribution in [0.4, 0.5) is 5.82 Å². The summed E-state index contributed by atoms with van der Waals surface area (Å²) in [6.07, 6.45) is 0.254. The van der Waals surface area contributed by atoms with Gasteiger partial charge < -0.3 is 15.4 Å². The average molecular weight is 554 g/mol. The van der Waals surface area contributed by atoms with Crippen LogP contribution in [0.2, 0.25) is 5.28 Å². The van der Waals surface area contributed by atoms with Gasteiger partial charge in [0.15, 0.2) is 17.0 Å². The van der Waals surface area contributed by atoms with Crippen molar-refractivity contribution in [3.63, 3.8) is 0 Å². The fourth-order valence-corrected chi connectivity index (χ4v) is 4.21. The van der Waals surface area contributed by atoms with Gasteiger partial charge >= 0.3 is 0 Å². The number of azide groups is 1. The third kappa shape index (κ3) is 4.51. The number of amides is 1. The second kappa shape index (κ2) is 9.22. The second-order valence-electron chi connectivity index (χ2n) is 6.79. The van der Waals surface area contributed by atoms with Gasteiger partial charge in [-0.3, -0.25) is 9.36 Å². The molecular weight excluding hydrogens is 537 g/mol. The minimum absolute atomic E-state index is 0.0283. The Hall–Kier alpha value is -2.67. The highest BCUT2D eigenvalue weighted by atomic mass is 127. The summed E-state index contributed by atoms with van der Waals surface area (Å²) < 4.78 is 8.61. The molecule has 0 aliphatic carbocycles. The fourth-order valence-electron chi connectivity index (χ4n) is 3.43. The number of carbonyl (C=O) groups is 1. The van der Waals surface area contributed by atoms with Gasteiger partial charge in [0, 0.05) is 22.1 Å². The van der Waals surface area contributed by atoms with E-state index in [9.17, 15) is 4.79 Å². The number of likely N-dealkylation sites (N-methyl/N-ethyl adjacent to an activating group) is 1. The van der Waals surface area contributed by atoms with Crippen LogP contribution in [-0.2, 0) is 16.1 Å². The quantitative estimate of drug-likeness (QED) is 0.157. The van der Waals surface area contributed by atoms with Crippen LogP contribution in [0.3, 0.4) is 0 Å². The number of carbonyl (C=O) groups excluding carboxylic acids is 1. The Morgan fingerprint density at radius 3 is 3.06 bits per heavy atom. The number of anilines is 1. The third-order valence-electron chi connectivity index (χ3n) is 4.84. The van der Waals surface area contributed by atoms with Gasteiger partial charge in [0.2, 0.25) is 11.2 Å². The molecule has 1 aliphatic heterocycles. The van der Waals surface area contributed by atoms with Crippen LogP contribution in [-0.4, -0.2) is 44.6 Å². The maximum absolute atomic E-state index is 12.0. The monoisotopic (exact) mass is 553 g/mol. The zero-order valence-electron chi connectivity index (χ0n) is 16.2. The van der Waals surface area contributed by atoms with E-state index in [-0.39, 0.29) is 17.6 Å². The molecule has 4 rings (SSSR count).